The van der Waals surface area contributed by atoms with Crippen LogP contribution in [-0.4, -0.2) is 62.4 Å². The third-order valence-electron chi connectivity index (χ3n) is 7.49. The molecular weight excluding hydrogens is 577 g/mol. The normalized spacial score (nSPS) is 19.4. The summed E-state index contributed by atoms with van der Waals surface area (Å²) in [5.74, 6) is -2.46. The largest absolute Gasteiger partial charge is 0.496 e. The Morgan fingerprint density at radius 1 is 1.26 bits per heavy atom. The first-order chi connectivity index (χ1) is 20.4. The highest BCUT2D eigenvalue weighted by Gasteiger charge is 2.36. The summed E-state index contributed by atoms with van der Waals surface area (Å²) < 4.78 is 77.1. The molecule has 4 heterocycles. The van der Waals surface area contributed by atoms with Gasteiger partial charge in [-0.15, -0.1) is 0 Å². The minimum atomic E-state index is -4.65. The average Bonchev–Trinajstić information content (AvgIpc) is 3.39. The fourth-order valence-electron chi connectivity index (χ4n) is 5.44. The summed E-state index contributed by atoms with van der Waals surface area (Å²) in [6, 6.07) is 1.42. The van der Waals surface area contributed by atoms with E-state index in [1.54, 1.807) is 11.8 Å². The van der Waals surface area contributed by atoms with Crippen molar-refractivity contribution in [3.8, 4) is 0 Å². The second-order valence-electron chi connectivity index (χ2n) is 10.2. The van der Waals surface area contributed by atoms with Crippen molar-refractivity contribution in [3.63, 3.8) is 0 Å². The number of fused-ring (bicyclic) bond motifs is 1. The van der Waals surface area contributed by atoms with Crippen LogP contribution in [0.25, 0.3) is 11.1 Å². The Balaban J connectivity index is 1.55. The molecule has 3 aromatic rings. The van der Waals surface area contributed by atoms with E-state index in [4.69, 9.17) is 10.5 Å². The first-order valence-electron chi connectivity index (χ1n) is 13.5. The highest BCUT2D eigenvalue weighted by atomic mass is 19.4. The standard InChI is InChI=1S/C28H28F5N7O3/c1-3-21(41)39-8-4-5-14(13-39)26-38-23(24-25(34)36-12-19(30)40(24)26)22-17(29)9-15(10-18(22)43-2)27(42)37-20-11-16(6-7-35-20)28(31,32)33/h6-7,10-12,14,17H,3-5,8-9,13H2,1-2H3,(H2,34,36)(H,35,37,42). The Labute approximate surface area is 242 Å². The highest BCUT2D eigenvalue weighted by Crippen LogP contribution is 2.40. The van der Waals surface area contributed by atoms with E-state index in [0.717, 1.165) is 18.5 Å². The summed E-state index contributed by atoms with van der Waals surface area (Å²) in [4.78, 5) is 39.3. The van der Waals surface area contributed by atoms with Crippen LogP contribution in [0.15, 0.2) is 41.9 Å². The fraction of sp³-hybridized carbons (Fsp3) is 0.393. The van der Waals surface area contributed by atoms with E-state index in [1.165, 1.54) is 17.6 Å². The number of nitrogen functional groups attached to an aromatic ring is 1. The molecule has 10 nitrogen and oxygen atoms in total. The lowest BCUT2D eigenvalue weighted by Gasteiger charge is -2.32. The van der Waals surface area contributed by atoms with Gasteiger partial charge < -0.3 is 20.7 Å². The molecule has 3 aromatic heterocycles. The number of anilines is 2. The zero-order chi connectivity index (χ0) is 31.1. The number of halogens is 5. The minimum Gasteiger partial charge on any atom is -0.496 e. The molecule has 2 atom stereocenters. The van der Waals surface area contributed by atoms with E-state index in [0.29, 0.717) is 31.9 Å². The van der Waals surface area contributed by atoms with Crippen LogP contribution in [0.5, 0.6) is 0 Å². The molecule has 1 aliphatic heterocycles. The van der Waals surface area contributed by atoms with Crippen LogP contribution in [-0.2, 0) is 20.5 Å². The number of nitrogens with two attached hydrogens (primary N) is 1. The first-order valence-corrected chi connectivity index (χ1v) is 13.5. The topological polar surface area (TPSA) is 128 Å². The smallest absolute Gasteiger partial charge is 0.416 e. The van der Waals surface area contributed by atoms with Gasteiger partial charge in [0, 0.05) is 43.6 Å². The summed E-state index contributed by atoms with van der Waals surface area (Å²) in [6.45, 7) is 2.60. The minimum absolute atomic E-state index is 0.00982. The quantitative estimate of drug-likeness (QED) is 0.392. The number of nitrogens with one attached hydrogen (secondary N) is 1. The van der Waals surface area contributed by atoms with Crippen LogP contribution < -0.4 is 11.1 Å². The van der Waals surface area contributed by atoms with Gasteiger partial charge in [0.15, 0.2) is 0 Å². The number of allylic oxidation sites excluding steroid dienone is 2. The van der Waals surface area contributed by atoms with Gasteiger partial charge in [-0.2, -0.15) is 17.6 Å². The molecule has 1 saturated heterocycles. The molecule has 0 bridgehead atoms. The molecule has 0 radical (unpaired) electrons. The number of piperidine rings is 1. The number of ether oxygens (including phenoxy) is 1. The number of hydrogen-bond acceptors (Lipinski definition) is 7. The number of alkyl halides is 4. The Hall–Kier alpha value is -4.56. The van der Waals surface area contributed by atoms with Crippen LogP contribution in [0.2, 0.25) is 0 Å². The number of carbonyl (C=O) groups excluding carboxylic acids is 2. The van der Waals surface area contributed by atoms with Crippen molar-refractivity contribution in [2.45, 2.75) is 50.9 Å². The third-order valence-corrected chi connectivity index (χ3v) is 7.49. The van der Waals surface area contributed by atoms with Crippen molar-refractivity contribution in [1.82, 2.24) is 24.3 Å². The Kier molecular flexibility index (Phi) is 8.08. The molecule has 0 aromatic carbocycles. The predicted octanol–water partition coefficient (Wildman–Crippen LogP) is 4.64. The number of imidazole rings is 1. The van der Waals surface area contributed by atoms with Crippen molar-refractivity contribution < 1.29 is 36.3 Å². The van der Waals surface area contributed by atoms with Crippen molar-refractivity contribution in [3.05, 3.63) is 65.0 Å². The summed E-state index contributed by atoms with van der Waals surface area (Å²) in [5.41, 5.74) is 4.89. The van der Waals surface area contributed by atoms with E-state index in [9.17, 15) is 22.8 Å². The van der Waals surface area contributed by atoms with Gasteiger partial charge in [-0.05, 0) is 31.1 Å². The van der Waals surface area contributed by atoms with E-state index in [-0.39, 0.29) is 63.9 Å². The van der Waals surface area contributed by atoms with Crippen LogP contribution in [0.4, 0.5) is 33.6 Å². The molecule has 43 heavy (non-hydrogen) atoms. The molecule has 1 aliphatic carbocycles. The molecule has 3 N–H and O–H groups in total. The monoisotopic (exact) mass is 605 g/mol. The maximum atomic E-state index is 16.0. The number of likely N-dealkylation sites (tertiary alicyclic amines) is 1. The van der Waals surface area contributed by atoms with Crippen molar-refractivity contribution in [1.29, 1.82) is 0 Å². The van der Waals surface area contributed by atoms with Crippen LogP contribution in [0, 0.1) is 5.95 Å². The Bertz CT molecular complexity index is 1650. The number of carbonyl (C=O) groups is 2. The van der Waals surface area contributed by atoms with Crippen LogP contribution in [0.3, 0.4) is 0 Å². The van der Waals surface area contributed by atoms with Gasteiger partial charge in [0.1, 0.15) is 40.6 Å². The maximum Gasteiger partial charge on any atom is 0.416 e. The SMILES string of the molecule is CCC(=O)N1CCCC(c2nc(C3=C(OC)C=C(C(=O)Nc4cc(C(F)(F)F)ccn4)CC3F)c3c(N)ncc(F)n23)C1. The van der Waals surface area contributed by atoms with E-state index < -0.39 is 36.2 Å². The molecule has 0 saturated carbocycles. The molecule has 15 heteroatoms. The van der Waals surface area contributed by atoms with Crippen molar-refractivity contribution in [2.75, 3.05) is 31.2 Å². The molecule has 2 aliphatic rings. The second kappa shape index (κ2) is 11.6. The molecular formula is C28H28F5N7O3. The van der Waals surface area contributed by atoms with Gasteiger partial charge in [0.25, 0.3) is 5.91 Å². The Morgan fingerprint density at radius 3 is 2.72 bits per heavy atom. The van der Waals surface area contributed by atoms with Crippen LogP contribution >= 0.6 is 0 Å². The number of hydrogen-bond donors (Lipinski definition) is 2. The number of aromatic nitrogens is 4. The summed E-state index contributed by atoms with van der Waals surface area (Å²) in [5, 5.41) is 2.26. The molecule has 2 unspecified atom stereocenters. The van der Waals surface area contributed by atoms with Gasteiger partial charge in [-0.3, -0.25) is 14.0 Å². The molecule has 5 rings (SSSR count). The van der Waals surface area contributed by atoms with Crippen LogP contribution in [0.1, 0.15) is 55.6 Å². The summed E-state index contributed by atoms with van der Waals surface area (Å²) >= 11 is 0. The molecule has 1 fully saturated rings. The lowest BCUT2D eigenvalue weighted by molar-refractivity contribution is -0.137. The van der Waals surface area contributed by atoms with Crippen molar-refractivity contribution >= 4 is 34.5 Å². The van der Waals surface area contributed by atoms with Gasteiger partial charge >= 0.3 is 6.18 Å². The highest BCUT2D eigenvalue weighted by molar-refractivity contribution is 6.05. The maximum absolute atomic E-state index is 16.0. The third kappa shape index (κ3) is 5.75. The number of rotatable bonds is 6. The summed E-state index contributed by atoms with van der Waals surface area (Å²) in [7, 11) is 1.24. The zero-order valence-corrected chi connectivity index (χ0v) is 23.2. The molecule has 0 spiro atoms. The number of pyridine rings is 1. The van der Waals surface area contributed by atoms with E-state index in [1.807, 2.05) is 0 Å². The predicted molar refractivity (Wildman–Crippen MR) is 146 cm³/mol. The second-order valence-corrected chi connectivity index (χ2v) is 10.2. The van der Waals surface area contributed by atoms with Gasteiger partial charge in [0.2, 0.25) is 11.9 Å². The fourth-order valence-corrected chi connectivity index (χ4v) is 5.44. The van der Waals surface area contributed by atoms with Gasteiger partial charge in [-0.1, -0.05) is 6.92 Å². The van der Waals surface area contributed by atoms with Crippen molar-refractivity contribution in [2.24, 2.45) is 0 Å². The summed E-state index contributed by atoms with van der Waals surface area (Å²) in [6.07, 6.45) is -2.41. The van der Waals surface area contributed by atoms with E-state index >= 15 is 8.78 Å². The molecule has 228 valence electrons. The lowest BCUT2D eigenvalue weighted by Crippen LogP contribution is -2.39. The number of amides is 2. The zero-order valence-electron chi connectivity index (χ0n) is 23.2. The first kappa shape index (κ1) is 29.9. The Morgan fingerprint density at radius 2 is 2.02 bits per heavy atom. The average molecular weight is 606 g/mol. The van der Waals surface area contributed by atoms with E-state index in [2.05, 4.69) is 20.3 Å². The number of nitrogens with zero attached hydrogens (tertiary/aromatic N) is 5. The lowest BCUT2D eigenvalue weighted by atomic mass is 9.92. The van der Waals surface area contributed by atoms with Gasteiger partial charge in [0.05, 0.1) is 24.4 Å². The number of methoxy groups -OCH3 is 1. The molecule has 2 amide bonds. The van der Waals surface area contributed by atoms with Gasteiger partial charge in [-0.25, -0.2) is 19.3 Å².